The Morgan fingerprint density at radius 1 is 0.964 bits per heavy atom. The molecular weight excluding hydrogens is 371 g/mol. The summed E-state index contributed by atoms with van der Waals surface area (Å²) in [5.41, 5.74) is 5.89. The van der Waals surface area contributed by atoms with Crippen molar-refractivity contribution in [3.05, 3.63) is 59.2 Å². The number of nitrogens with zero attached hydrogens (tertiary/aromatic N) is 1. The maximum atomic E-state index is 12.6. The second-order valence-corrected chi connectivity index (χ2v) is 6.67. The Kier molecular flexibility index (Phi) is 5.58. The molecule has 1 heterocycles. The highest BCUT2D eigenvalue weighted by Crippen LogP contribution is 2.30. The number of primary amides is 1. The summed E-state index contributed by atoms with van der Waals surface area (Å²) in [6.45, 7) is 1.77. The molecular formula is C20H20F3N3O2. The van der Waals surface area contributed by atoms with Crippen molar-refractivity contribution in [2.75, 3.05) is 23.3 Å². The molecule has 2 aromatic rings. The summed E-state index contributed by atoms with van der Waals surface area (Å²) >= 11 is 0. The third-order valence-corrected chi connectivity index (χ3v) is 4.71. The minimum atomic E-state index is -4.47. The maximum absolute atomic E-state index is 12.6. The SMILES string of the molecule is NC(=O)c1cc(N2CCCCC2)ccc1NC(=O)c1ccc(C(F)(F)F)cc1. The summed E-state index contributed by atoms with van der Waals surface area (Å²) in [5, 5.41) is 2.56. The first-order valence-corrected chi connectivity index (χ1v) is 8.93. The van der Waals surface area contributed by atoms with Gasteiger partial charge in [0, 0.05) is 24.3 Å². The molecule has 0 saturated carbocycles. The predicted molar refractivity (Wildman–Crippen MR) is 100 cm³/mol. The Hall–Kier alpha value is -3.03. The van der Waals surface area contributed by atoms with Gasteiger partial charge in [-0.3, -0.25) is 9.59 Å². The number of amides is 2. The monoisotopic (exact) mass is 391 g/mol. The van der Waals surface area contributed by atoms with Gasteiger partial charge in [0.25, 0.3) is 11.8 Å². The van der Waals surface area contributed by atoms with E-state index in [9.17, 15) is 22.8 Å². The van der Waals surface area contributed by atoms with E-state index < -0.39 is 23.6 Å². The predicted octanol–water partition coefficient (Wildman–Crippen LogP) is 4.05. The largest absolute Gasteiger partial charge is 0.416 e. The van der Waals surface area contributed by atoms with Gasteiger partial charge in [0.05, 0.1) is 16.8 Å². The van der Waals surface area contributed by atoms with E-state index in [0.717, 1.165) is 55.9 Å². The lowest BCUT2D eigenvalue weighted by Crippen LogP contribution is -2.29. The minimum Gasteiger partial charge on any atom is -0.372 e. The van der Waals surface area contributed by atoms with Gasteiger partial charge >= 0.3 is 6.18 Å². The standard InChI is InChI=1S/C20H20F3N3O2/c21-20(22,23)14-6-4-13(5-7-14)19(28)25-17-9-8-15(12-16(17)18(24)27)26-10-2-1-3-11-26/h4-9,12H,1-3,10-11H2,(H2,24,27)(H,25,28). The normalized spacial score (nSPS) is 14.6. The lowest BCUT2D eigenvalue weighted by Gasteiger charge is -2.29. The van der Waals surface area contributed by atoms with Gasteiger partial charge in [-0.1, -0.05) is 0 Å². The first kappa shape index (κ1) is 19.7. The van der Waals surface area contributed by atoms with E-state index >= 15 is 0 Å². The van der Waals surface area contributed by atoms with Crippen molar-refractivity contribution < 1.29 is 22.8 Å². The molecule has 2 aromatic carbocycles. The Bertz CT molecular complexity index is 873. The van der Waals surface area contributed by atoms with Crippen LogP contribution in [0.5, 0.6) is 0 Å². The summed E-state index contributed by atoms with van der Waals surface area (Å²) < 4.78 is 37.9. The van der Waals surface area contributed by atoms with E-state index in [0.29, 0.717) is 0 Å². The van der Waals surface area contributed by atoms with Crippen LogP contribution in [0.2, 0.25) is 0 Å². The van der Waals surface area contributed by atoms with Crippen molar-refractivity contribution in [3.8, 4) is 0 Å². The molecule has 28 heavy (non-hydrogen) atoms. The summed E-state index contributed by atoms with van der Waals surface area (Å²) in [6.07, 6.45) is -1.17. The molecule has 2 amide bonds. The number of hydrogen-bond donors (Lipinski definition) is 2. The van der Waals surface area contributed by atoms with E-state index in [2.05, 4.69) is 10.2 Å². The van der Waals surface area contributed by atoms with Crippen LogP contribution in [0.1, 0.15) is 45.5 Å². The highest BCUT2D eigenvalue weighted by molar-refractivity contribution is 6.09. The fourth-order valence-corrected chi connectivity index (χ4v) is 3.20. The topological polar surface area (TPSA) is 75.4 Å². The molecule has 1 saturated heterocycles. The first-order valence-electron chi connectivity index (χ1n) is 8.93. The molecule has 3 rings (SSSR count). The van der Waals surface area contributed by atoms with Crippen molar-refractivity contribution in [2.24, 2.45) is 5.73 Å². The number of carbonyl (C=O) groups excluding carboxylic acids is 2. The zero-order chi connectivity index (χ0) is 20.3. The number of halogens is 3. The van der Waals surface area contributed by atoms with Gasteiger partial charge in [-0.2, -0.15) is 13.2 Å². The Balaban J connectivity index is 1.80. The molecule has 148 valence electrons. The molecule has 5 nitrogen and oxygen atoms in total. The van der Waals surface area contributed by atoms with Gasteiger partial charge in [0.15, 0.2) is 0 Å². The average Bonchev–Trinajstić information content (AvgIpc) is 2.68. The molecule has 0 atom stereocenters. The second kappa shape index (κ2) is 7.92. The van der Waals surface area contributed by atoms with Crippen LogP contribution in [0, 0.1) is 0 Å². The highest BCUT2D eigenvalue weighted by Gasteiger charge is 2.30. The van der Waals surface area contributed by atoms with E-state index in [1.165, 1.54) is 6.42 Å². The van der Waals surface area contributed by atoms with Crippen LogP contribution in [-0.4, -0.2) is 24.9 Å². The third-order valence-electron chi connectivity index (χ3n) is 4.71. The Morgan fingerprint density at radius 2 is 1.61 bits per heavy atom. The lowest BCUT2D eigenvalue weighted by molar-refractivity contribution is -0.137. The zero-order valence-corrected chi connectivity index (χ0v) is 15.1. The molecule has 0 aromatic heterocycles. The van der Waals surface area contributed by atoms with E-state index in [-0.39, 0.29) is 16.8 Å². The van der Waals surface area contributed by atoms with Gasteiger partial charge in [0.2, 0.25) is 0 Å². The molecule has 1 aliphatic heterocycles. The lowest BCUT2D eigenvalue weighted by atomic mass is 10.1. The van der Waals surface area contributed by atoms with Crippen molar-refractivity contribution >= 4 is 23.2 Å². The van der Waals surface area contributed by atoms with E-state index in [1.807, 2.05) is 0 Å². The Labute approximate surface area is 160 Å². The van der Waals surface area contributed by atoms with Crippen LogP contribution in [-0.2, 0) is 6.18 Å². The minimum absolute atomic E-state index is 0.0449. The molecule has 1 aliphatic rings. The fourth-order valence-electron chi connectivity index (χ4n) is 3.20. The number of benzene rings is 2. The number of piperidine rings is 1. The molecule has 0 bridgehead atoms. The smallest absolute Gasteiger partial charge is 0.372 e. The second-order valence-electron chi connectivity index (χ2n) is 6.67. The number of hydrogen-bond acceptors (Lipinski definition) is 3. The van der Waals surface area contributed by atoms with Crippen LogP contribution in [0.15, 0.2) is 42.5 Å². The number of carbonyl (C=O) groups is 2. The van der Waals surface area contributed by atoms with Gasteiger partial charge in [-0.05, 0) is 61.7 Å². The molecule has 1 fully saturated rings. The number of anilines is 2. The number of nitrogens with two attached hydrogens (primary N) is 1. The van der Waals surface area contributed by atoms with Gasteiger partial charge in [-0.15, -0.1) is 0 Å². The quantitative estimate of drug-likeness (QED) is 0.826. The van der Waals surface area contributed by atoms with E-state index in [4.69, 9.17) is 5.73 Å². The van der Waals surface area contributed by atoms with E-state index in [1.54, 1.807) is 18.2 Å². The number of alkyl halides is 3. The van der Waals surface area contributed by atoms with Crippen LogP contribution >= 0.6 is 0 Å². The molecule has 8 heteroatoms. The van der Waals surface area contributed by atoms with Crippen LogP contribution in [0.3, 0.4) is 0 Å². The van der Waals surface area contributed by atoms with Crippen molar-refractivity contribution in [2.45, 2.75) is 25.4 Å². The molecule has 0 aliphatic carbocycles. The summed E-state index contributed by atoms with van der Waals surface area (Å²) in [7, 11) is 0. The molecule has 0 spiro atoms. The molecule has 0 unspecified atom stereocenters. The van der Waals surface area contributed by atoms with Crippen molar-refractivity contribution in [3.63, 3.8) is 0 Å². The summed E-state index contributed by atoms with van der Waals surface area (Å²) in [6, 6.07) is 8.86. The maximum Gasteiger partial charge on any atom is 0.416 e. The zero-order valence-electron chi connectivity index (χ0n) is 15.1. The number of nitrogens with one attached hydrogen (secondary N) is 1. The van der Waals surface area contributed by atoms with Crippen molar-refractivity contribution in [1.29, 1.82) is 0 Å². The summed E-state index contributed by atoms with van der Waals surface area (Å²) in [5.74, 6) is -1.32. The average molecular weight is 391 g/mol. The fraction of sp³-hybridized carbons (Fsp3) is 0.300. The molecule has 3 N–H and O–H groups in total. The Morgan fingerprint density at radius 3 is 2.18 bits per heavy atom. The van der Waals surface area contributed by atoms with Crippen LogP contribution < -0.4 is 16.0 Å². The van der Waals surface area contributed by atoms with Crippen LogP contribution in [0.4, 0.5) is 24.5 Å². The van der Waals surface area contributed by atoms with Crippen molar-refractivity contribution in [1.82, 2.24) is 0 Å². The van der Waals surface area contributed by atoms with Gasteiger partial charge in [-0.25, -0.2) is 0 Å². The number of rotatable bonds is 4. The first-order chi connectivity index (χ1) is 13.3. The molecule has 0 radical (unpaired) electrons. The third kappa shape index (κ3) is 4.44. The van der Waals surface area contributed by atoms with Gasteiger partial charge < -0.3 is 16.0 Å². The highest BCUT2D eigenvalue weighted by atomic mass is 19.4. The van der Waals surface area contributed by atoms with Gasteiger partial charge in [0.1, 0.15) is 0 Å². The van der Waals surface area contributed by atoms with Crippen LogP contribution in [0.25, 0.3) is 0 Å². The summed E-state index contributed by atoms with van der Waals surface area (Å²) in [4.78, 5) is 26.4.